The number of phenolic OH excluding ortho intramolecular Hbond substituents is 1. The van der Waals surface area contributed by atoms with Crippen LogP contribution in [0, 0.1) is 5.92 Å². The van der Waals surface area contributed by atoms with E-state index in [2.05, 4.69) is 34.1 Å². The van der Waals surface area contributed by atoms with Crippen LogP contribution in [0.2, 0.25) is 0 Å². The Morgan fingerprint density at radius 3 is 2.50 bits per heavy atom. The number of aromatic hydroxyl groups is 1. The predicted molar refractivity (Wildman–Crippen MR) is 139 cm³/mol. The average Bonchev–Trinajstić information content (AvgIpc) is 3.58. The molecular weight excluding hydrogens is 452 g/mol. The van der Waals surface area contributed by atoms with Gasteiger partial charge in [-0.25, -0.2) is 0 Å². The Morgan fingerprint density at radius 2 is 1.83 bits per heavy atom. The number of benzene rings is 2. The molecule has 6 nitrogen and oxygen atoms in total. The molecule has 1 aromatic heterocycles. The number of phenols is 1. The molecule has 0 bridgehead atoms. The fourth-order valence-electron chi connectivity index (χ4n) is 5.50. The van der Waals surface area contributed by atoms with Crippen LogP contribution in [-0.2, 0) is 13.0 Å². The van der Waals surface area contributed by atoms with Gasteiger partial charge in [-0.2, -0.15) is 0 Å². The van der Waals surface area contributed by atoms with Gasteiger partial charge in [-0.3, -0.25) is 9.69 Å². The zero-order valence-electron chi connectivity index (χ0n) is 21.0. The lowest BCUT2D eigenvalue weighted by molar-refractivity contribution is 0.0454. The van der Waals surface area contributed by atoms with Gasteiger partial charge < -0.3 is 19.2 Å². The number of nitrogens with zero attached hydrogens (tertiary/aromatic N) is 2. The second kappa shape index (κ2) is 11.2. The monoisotopic (exact) mass is 488 g/mol. The first kappa shape index (κ1) is 24.4. The van der Waals surface area contributed by atoms with E-state index in [1.165, 1.54) is 5.56 Å². The van der Waals surface area contributed by atoms with E-state index < -0.39 is 0 Å². The van der Waals surface area contributed by atoms with Crippen molar-refractivity contribution in [1.82, 2.24) is 9.80 Å². The first-order valence-corrected chi connectivity index (χ1v) is 13.2. The summed E-state index contributed by atoms with van der Waals surface area (Å²) in [7, 11) is 0. The van der Waals surface area contributed by atoms with Crippen LogP contribution in [0.15, 0.2) is 71.3 Å². The molecule has 1 amide bonds. The number of furan rings is 1. The molecule has 1 unspecified atom stereocenters. The zero-order valence-corrected chi connectivity index (χ0v) is 21.0. The number of ether oxygens (including phenoxy) is 1. The fourth-order valence-corrected chi connectivity index (χ4v) is 5.50. The Morgan fingerprint density at radius 1 is 1.06 bits per heavy atom. The smallest absolute Gasteiger partial charge is 0.290 e. The first-order chi connectivity index (χ1) is 17.6. The van der Waals surface area contributed by atoms with Crippen molar-refractivity contribution in [2.45, 2.75) is 57.7 Å². The van der Waals surface area contributed by atoms with Gasteiger partial charge in [0.05, 0.1) is 12.9 Å². The lowest BCUT2D eigenvalue weighted by atomic mass is 9.84. The molecule has 6 heteroatoms. The summed E-state index contributed by atoms with van der Waals surface area (Å²) < 4.78 is 11.1. The van der Waals surface area contributed by atoms with Crippen molar-refractivity contribution in [3.05, 3.63) is 83.8 Å². The number of hydrogen-bond donors (Lipinski definition) is 1. The topological polar surface area (TPSA) is 66.2 Å². The van der Waals surface area contributed by atoms with Crippen molar-refractivity contribution < 1.29 is 19.1 Å². The predicted octanol–water partition coefficient (Wildman–Crippen LogP) is 5.51. The largest absolute Gasteiger partial charge is 0.504 e. The van der Waals surface area contributed by atoms with Crippen molar-refractivity contribution in [3.63, 3.8) is 0 Å². The van der Waals surface area contributed by atoms with Crippen molar-refractivity contribution in [1.29, 1.82) is 0 Å². The highest BCUT2D eigenvalue weighted by Crippen LogP contribution is 2.37. The third-order valence-corrected chi connectivity index (χ3v) is 7.46. The van der Waals surface area contributed by atoms with Gasteiger partial charge >= 0.3 is 0 Å². The molecule has 0 radical (unpaired) electrons. The summed E-state index contributed by atoms with van der Waals surface area (Å²) in [6.45, 7) is 5.24. The average molecular weight is 489 g/mol. The van der Waals surface area contributed by atoms with Crippen LogP contribution in [0.25, 0.3) is 0 Å². The first-order valence-electron chi connectivity index (χ1n) is 13.2. The van der Waals surface area contributed by atoms with Gasteiger partial charge in [0.25, 0.3) is 5.91 Å². The van der Waals surface area contributed by atoms with Gasteiger partial charge in [-0.05, 0) is 93.4 Å². The molecule has 190 valence electrons. The maximum atomic E-state index is 13.6. The van der Waals surface area contributed by atoms with Crippen LogP contribution in [0.3, 0.4) is 0 Å². The maximum absolute atomic E-state index is 13.6. The molecule has 3 aromatic rings. The summed E-state index contributed by atoms with van der Waals surface area (Å²) in [5, 5.41) is 10.0. The van der Waals surface area contributed by atoms with Gasteiger partial charge in [0.2, 0.25) is 0 Å². The fraction of sp³-hybridized carbons (Fsp3) is 0.433. The molecule has 2 fully saturated rings. The molecule has 1 saturated carbocycles. The Hall–Kier alpha value is -3.25. The van der Waals surface area contributed by atoms with E-state index in [4.69, 9.17) is 9.15 Å². The Balaban J connectivity index is 1.30. The van der Waals surface area contributed by atoms with Gasteiger partial charge in [-0.1, -0.05) is 36.4 Å². The second-order valence-corrected chi connectivity index (χ2v) is 10.0. The molecule has 0 spiro atoms. The number of carbonyl (C=O) groups is 1. The van der Waals surface area contributed by atoms with Gasteiger partial charge in [0.1, 0.15) is 0 Å². The van der Waals surface area contributed by atoms with E-state index in [0.717, 1.165) is 57.3 Å². The van der Waals surface area contributed by atoms with Crippen molar-refractivity contribution >= 4 is 5.91 Å². The minimum absolute atomic E-state index is 0.0263. The third-order valence-electron chi connectivity index (χ3n) is 7.46. The van der Waals surface area contributed by atoms with Crippen LogP contribution < -0.4 is 4.74 Å². The lowest BCUT2D eigenvalue weighted by Crippen LogP contribution is -2.50. The van der Waals surface area contributed by atoms with Gasteiger partial charge in [0.15, 0.2) is 17.3 Å². The van der Waals surface area contributed by atoms with Gasteiger partial charge in [0, 0.05) is 18.6 Å². The number of rotatable bonds is 10. The maximum Gasteiger partial charge on any atom is 0.290 e. The molecule has 1 N–H and O–H groups in total. The highest BCUT2D eigenvalue weighted by molar-refractivity contribution is 5.92. The van der Waals surface area contributed by atoms with E-state index in [1.54, 1.807) is 24.5 Å². The van der Waals surface area contributed by atoms with E-state index >= 15 is 0 Å². The summed E-state index contributed by atoms with van der Waals surface area (Å²) in [6, 6.07) is 20.2. The summed E-state index contributed by atoms with van der Waals surface area (Å²) in [6.07, 6.45) is 6.68. The van der Waals surface area contributed by atoms with Crippen molar-refractivity contribution in [2.24, 2.45) is 5.92 Å². The second-order valence-electron chi connectivity index (χ2n) is 10.0. The van der Waals surface area contributed by atoms with Crippen LogP contribution in [0.5, 0.6) is 11.5 Å². The number of likely N-dealkylation sites (tertiary alicyclic amines) is 1. The molecule has 2 aliphatic rings. The number of hydrogen-bond acceptors (Lipinski definition) is 5. The van der Waals surface area contributed by atoms with Crippen molar-refractivity contribution in [3.8, 4) is 11.5 Å². The molecule has 1 aliphatic carbocycles. The van der Waals surface area contributed by atoms with Crippen LogP contribution in [0.4, 0.5) is 0 Å². The minimum atomic E-state index is 0.0263. The van der Waals surface area contributed by atoms with Crippen molar-refractivity contribution in [2.75, 3.05) is 19.7 Å². The number of carbonyl (C=O) groups excluding carboxylic acids is 1. The summed E-state index contributed by atoms with van der Waals surface area (Å²) in [4.78, 5) is 18.2. The van der Waals surface area contributed by atoms with E-state index in [-0.39, 0.29) is 17.7 Å². The van der Waals surface area contributed by atoms with E-state index in [9.17, 15) is 9.90 Å². The van der Waals surface area contributed by atoms with E-state index in [0.29, 0.717) is 30.1 Å². The summed E-state index contributed by atoms with van der Waals surface area (Å²) in [5.74, 6) is 1.63. The minimum Gasteiger partial charge on any atom is -0.504 e. The Labute approximate surface area is 213 Å². The zero-order chi connectivity index (χ0) is 24.9. The molecule has 2 heterocycles. The third kappa shape index (κ3) is 5.76. The number of piperidine rings is 1. The normalized spacial score (nSPS) is 17.6. The van der Waals surface area contributed by atoms with Crippen LogP contribution in [-0.4, -0.2) is 52.6 Å². The highest BCUT2D eigenvalue weighted by atomic mass is 16.5. The molecule has 1 saturated heterocycles. The molecule has 5 rings (SSSR count). The van der Waals surface area contributed by atoms with E-state index in [1.807, 2.05) is 25.1 Å². The quantitative estimate of drug-likeness (QED) is 0.408. The SMILES string of the molecule is CCOc1cc(CN2CCC(C(Cc3ccccc3)N(C(=O)c3ccco3)C3CC3)CC2)ccc1O. The molecule has 1 atom stereocenters. The molecular formula is C30H36N2O4. The number of amides is 1. The molecule has 2 aromatic carbocycles. The molecule has 36 heavy (non-hydrogen) atoms. The lowest BCUT2D eigenvalue weighted by Gasteiger charge is -2.41. The van der Waals surface area contributed by atoms with Crippen LogP contribution in [0.1, 0.15) is 54.3 Å². The van der Waals surface area contributed by atoms with Crippen LogP contribution >= 0.6 is 0 Å². The highest BCUT2D eigenvalue weighted by Gasteiger charge is 2.42. The van der Waals surface area contributed by atoms with Gasteiger partial charge in [-0.15, -0.1) is 0 Å². The molecule has 1 aliphatic heterocycles. The standard InChI is InChI=1S/C30H36N2O4/c1-2-35-29-20-23(10-13-27(29)33)21-31-16-14-24(15-17-31)26(19-22-7-4-3-5-8-22)32(25-11-12-25)30(34)28-9-6-18-36-28/h3-10,13,18,20,24-26,33H,2,11-12,14-17,19,21H2,1H3. The summed E-state index contributed by atoms with van der Waals surface area (Å²) in [5.41, 5.74) is 2.42. The Kier molecular flexibility index (Phi) is 7.61. The Bertz CT molecular complexity index is 1120. The summed E-state index contributed by atoms with van der Waals surface area (Å²) >= 11 is 0.